The molecule has 0 spiro atoms. The lowest BCUT2D eigenvalue weighted by molar-refractivity contribution is -0.150. The number of nitrogens with one attached hydrogen (secondary N) is 1. The van der Waals surface area contributed by atoms with E-state index >= 15 is 0 Å². The first-order valence-electron chi connectivity index (χ1n) is 6.63. The molecule has 0 amide bonds. The van der Waals surface area contributed by atoms with Gasteiger partial charge < -0.3 is 10.1 Å². The Kier molecular flexibility index (Phi) is 6.46. The van der Waals surface area contributed by atoms with Gasteiger partial charge in [0.15, 0.2) is 0 Å². The molecule has 1 aliphatic rings. The Morgan fingerprint density at radius 1 is 1.31 bits per heavy atom. The van der Waals surface area contributed by atoms with Crippen LogP contribution < -0.4 is 5.32 Å². The van der Waals surface area contributed by atoms with Crippen LogP contribution in [0.5, 0.6) is 0 Å². The predicted molar refractivity (Wildman–Crippen MR) is 65.2 cm³/mol. The van der Waals surface area contributed by atoms with Crippen molar-refractivity contribution >= 4 is 5.97 Å². The smallest absolute Gasteiger partial charge is 0.309 e. The molecule has 0 radical (unpaired) electrons. The first-order valence-corrected chi connectivity index (χ1v) is 6.63. The largest absolute Gasteiger partial charge is 0.465 e. The fourth-order valence-corrected chi connectivity index (χ4v) is 1.87. The second-order valence-electron chi connectivity index (χ2n) is 4.79. The van der Waals surface area contributed by atoms with E-state index in [0.717, 1.165) is 19.5 Å². The van der Waals surface area contributed by atoms with E-state index in [2.05, 4.69) is 12.2 Å². The third-order valence-electron chi connectivity index (χ3n) is 3.38. The zero-order valence-corrected chi connectivity index (χ0v) is 10.6. The Labute approximate surface area is 98.9 Å². The van der Waals surface area contributed by atoms with Crippen molar-refractivity contribution in [3.05, 3.63) is 0 Å². The number of esters is 1. The quantitative estimate of drug-likeness (QED) is 0.511. The van der Waals surface area contributed by atoms with Crippen LogP contribution in [0.25, 0.3) is 0 Å². The van der Waals surface area contributed by atoms with E-state index in [1.807, 2.05) is 6.92 Å². The number of carbonyl (C=O) groups excluding carboxylic acids is 1. The third kappa shape index (κ3) is 4.52. The van der Waals surface area contributed by atoms with Gasteiger partial charge in [-0.25, -0.2) is 0 Å². The van der Waals surface area contributed by atoms with Crippen molar-refractivity contribution in [2.24, 2.45) is 11.8 Å². The van der Waals surface area contributed by atoms with Crippen LogP contribution in [0.15, 0.2) is 0 Å². The number of unbranched alkanes of at least 4 members (excludes halogenated alkanes) is 4. The molecule has 0 bridgehead atoms. The minimum atomic E-state index is -0.0120. The molecular formula is C13H25NO2. The number of ether oxygens (including phenoxy) is 1. The summed E-state index contributed by atoms with van der Waals surface area (Å²) >= 11 is 0. The highest BCUT2D eigenvalue weighted by Gasteiger charge is 2.29. The Morgan fingerprint density at radius 3 is 2.56 bits per heavy atom. The molecule has 1 unspecified atom stereocenters. The van der Waals surface area contributed by atoms with Gasteiger partial charge in [-0.15, -0.1) is 0 Å². The maximum absolute atomic E-state index is 11.6. The summed E-state index contributed by atoms with van der Waals surface area (Å²) < 4.78 is 5.27. The van der Waals surface area contributed by atoms with Gasteiger partial charge in [-0.1, -0.05) is 39.5 Å². The molecule has 0 aromatic heterocycles. The molecule has 1 saturated heterocycles. The first kappa shape index (κ1) is 13.5. The molecule has 1 N–H and O–H groups in total. The summed E-state index contributed by atoms with van der Waals surface area (Å²) in [5.74, 6) is 0.548. The van der Waals surface area contributed by atoms with E-state index in [1.165, 1.54) is 25.7 Å². The van der Waals surface area contributed by atoms with Crippen LogP contribution in [0.2, 0.25) is 0 Å². The summed E-state index contributed by atoms with van der Waals surface area (Å²) in [7, 11) is 0. The number of hydrogen-bond donors (Lipinski definition) is 1. The van der Waals surface area contributed by atoms with E-state index in [9.17, 15) is 4.79 Å². The van der Waals surface area contributed by atoms with Crippen LogP contribution in [0, 0.1) is 11.8 Å². The highest BCUT2D eigenvalue weighted by Crippen LogP contribution is 2.17. The minimum Gasteiger partial charge on any atom is -0.465 e. The van der Waals surface area contributed by atoms with E-state index in [-0.39, 0.29) is 11.9 Å². The van der Waals surface area contributed by atoms with Crippen LogP contribution in [-0.2, 0) is 9.53 Å². The van der Waals surface area contributed by atoms with Crippen LogP contribution in [-0.4, -0.2) is 25.7 Å². The van der Waals surface area contributed by atoms with E-state index in [4.69, 9.17) is 4.74 Å². The predicted octanol–water partition coefficient (Wildman–Crippen LogP) is 2.36. The van der Waals surface area contributed by atoms with Gasteiger partial charge in [0.05, 0.1) is 12.5 Å². The van der Waals surface area contributed by atoms with Crippen molar-refractivity contribution in [2.75, 3.05) is 19.7 Å². The summed E-state index contributed by atoms with van der Waals surface area (Å²) in [5.41, 5.74) is 0. The number of carbonyl (C=O) groups is 1. The summed E-state index contributed by atoms with van der Waals surface area (Å²) in [6.45, 7) is 6.71. The van der Waals surface area contributed by atoms with Gasteiger partial charge in [0.2, 0.25) is 0 Å². The number of rotatable bonds is 8. The lowest BCUT2D eigenvalue weighted by Gasteiger charge is -2.31. The van der Waals surface area contributed by atoms with Crippen LogP contribution in [0.4, 0.5) is 0 Å². The van der Waals surface area contributed by atoms with Crippen molar-refractivity contribution in [1.82, 2.24) is 5.32 Å². The van der Waals surface area contributed by atoms with Gasteiger partial charge in [0, 0.05) is 0 Å². The molecule has 1 atom stereocenters. The molecule has 1 aliphatic heterocycles. The van der Waals surface area contributed by atoms with Gasteiger partial charge in [-0.2, -0.15) is 0 Å². The standard InChI is InChI=1S/C13H25NO2/c1-3-4-5-6-7-8-16-13(15)11(2)12-9-14-10-12/h11-12,14H,3-10H2,1-2H3. The maximum atomic E-state index is 11.6. The topological polar surface area (TPSA) is 38.3 Å². The molecule has 1 fully saturated rings. The molecule has 1 heterocycles. The molecule has 1 rings (SSSR count). The second-order valence-corrected chi connectivity index (χ2v) is 4.79. The molecule has 3 heteroatoms. The molecule has 0 saturated carbocycles. The molecule has 0 aromatic rings. The van der Waals surface area contributed by atoms with Crippen molar-refractivity contribution in [2.45, 2.75) is 46.0 Å². The summed E-state index contributed by atoms with van der Waals surface area (Å²) in [4.78, 5) is 11.6. The first-order chi connectivity index (χ1) is 7.75. The lowest BCUT2D eigenvalue weighted by atomic mass is 9.89. The second kappa shape index (κ2) is 7.66. The molecule has 0 aromatic carbocycles. The van der Waals surface area contributed by atoms with Gasteiger partial charge in [0.25, 0.3) is 0 Å². The molecule has 0 aliphatic carbocycles. The molecule has 94 valence electrons. The van der Waals surface area contributed by atoms with Gasteiger partial charge in [-0.05, 0) is 25.4 Å². The van der Waals surface area contributed by atoms with Crippen LogP contribution >= 0.6 is 0 Å². The van der Waals surface area contributed by atoms with Crippen LogP contribution in [0.3, 0.4) is 0 Å². The maximum Gasteiger partial charge on any atom is 0.309 e. The van der Waals surface area contributed by atoms with E-state index in [1.54, 1.807) is 0 Å². The monoisotopic (exact) mass is 227 g/mol. The summed E-state index contributed by atoms with van der Waals surface area (Å²) in [6, 6.07) is 0. The average Bonchev–Trinajstić information content (AvgIpc) is 2.20. The Bertz CT molecular complexity index is 202. The zero-order valence-electron chi connectivity index (χ0n) is 10.6. The average molecular weight is 227 g/mol. The minimum absolute atomic E-state index is 0.0120. The summed E-state index contributed by atoms with van der Waals surface area (Å²) in [5, 5.41) is 3.18. The lowest BCUT2D eigenvalue weighted by Crippen LogP contribution is -2.47. The van der Waals surface area contributed by atoms with Crippen molar-refractivity contribution in [3.8, 4) is 0 Å². The Morgan fingerprint density at radius 2 is 2.00 bits per heavy atom. The third-order valence-corrected chi connectivity index (χ3v) is 3.38. The zero-order chi connectivity index (χ0) is 11.8. The van der Waals surface area contributed by atoms with Gasteiger partial charge >= 0.3 is 5.97 Å². The molecule has 16 heavy (non-hydrogen) atoms. The van der Waals surface area contributed by atoms with Gasteiger partial charge in [0.1, 0.15) is 0 Å². The highest BCUT2D eigenvalue weighted by molar-refractivity contribution is 5.72. The molecule has 3 nitrogen and oxygen atoms in total. The summed E-state index contributed by atoms with van der Waals surface area (Å²) in [6.07, 6.45) is 6.00. The van der Waals surface area contributed by atoms with Gasteiger partial charge in [-0.3, -0.25) is 4.79 Å². The van der Waals surface area contributed by atoms with Crippen molar-refractivity contribution in [3.63, 3.8) is 0 Å². The fraction of sp³-hybridized carbons (Fsp3) is 0.923. The van der Waals surface area contributed by atoms with E-state index < -0.39 is 0 Å². The van der Waals surface area contributed by atoms with E-state index in [0.29, 0.717) is 12.5 Å². The number of hydrogen-bond acceptors (Lipinski definition) is 3. The van der Waals surface area contributed by atoms with Crippen molar-refractivity contribution < 1.29 is 9.53 Å². The van der Waals surface area contributed by atoms with Crippen LogP contribution in [0.1, 0.15) is 46.0 Å². The SMILES string of the molecule is CCCCCCCOC(=O)C(C)C1CNC1. The molecular weight excluding hydrogens is 202 g/mol. The highest BCUT2D eigenvalue weighted by atomic mass is 16.5. The Balaban J connectivity index is 1.97. The van der Waals surface area contributed by atoms with Crippen molar-refractivity contribution in [1.29, 1.82) is 0 Å². The Hall–Kier alpha value is -0.570. The normalized spacial score (nSPS) is 17.9. The fourth-order valence-electron chi connectivity index (χ4n) is 1.87.